The van der Waals surface area contributed by atoms with Crippen molar-refractivity contribution in [3.8, 4) is 0 Å². The molecule has 1 saturated heterocycles. The highest BCUT2D eigenvalue weighted by atomic mass is 35.5. The highest BCUT2D eigenvalue weighted by Crippen LogP contribution is 2.36. The number of Topliss-reactive ketones (excluding diaryl/α,β-unsaturated/α-hetero) is 1. The van der Waals surface area contributed by atoms with E-state index in [1.807, 2.05) is 0 Å². The number of alkyl halides is 3. The van der Waals surface area contributed by atoms with E-state index in [0.29, 0.717) is 56.4 Å². The van der Waals surface area contributed by atoms with Gasteiger partial charge in [0.25, 0.3) is 0 Å². The predicted molar refractivity (Wildman–Crippen MR) is 115 cm³/mol. The van der Waals surface area contributed by atoms with Gasteiger partial charge in [0.2, 0.25) is 0 Å². The number of hydrogen-bond acceptors (Lipinski definition) is 3. The Morgan fingerprint density at radius 1 is 1.03 bits per heavy atom. The number of carbonyl (C=O) groups excluding carboxylic acids is 1. The second-order valence-electron chi connectivity index (χ2n) is 7.49. The van der Waals surface area contributed by atoms with Crippen LogP contribution in [-0.2, 0) is 11.8 Å². The van der Waals surface area contributed by atoms with Crippen LogP contribution in [0.2, 0.25) is 0 Å². The quantitative estimate of drug-likeness (QED) is 0.429. The summed E-state index contributed by atoms with van der Waals surface area (Å²) in [4.78, 5) is 14.2. The van der Waals surface area contributed by atoms with Crippen molar-refractivity contribution < 1.29 is 27.5 Å². The second-order valence-corrected chi connectivity index (χ2v) is 7.49. The number of halogens is 6. The number of rotatable bonds is 6. The van der Waals surface area contributed by atoms with Crippen molar-refractivity contribution in [2.75, 3.05) is 19.6 Å². The molecule has 3 rings (SSSR count). The minimum absolute atomic E-state index is 0. The lowest BCUT2D eigenvalue weighted by molar-refractivity contribution is -0.137. The lowest BCUT2D eigenvalue weighted by Gasteiger charge is -2.38. The molecule has 0 aromatic heterocycles. The van der Waals surface area contributed by atoms with Gasteiger partial charge in [-0.3, -0.25) is 4.79 Å². The zero-order chi connectivity index (χ0) is 21.1. The highest BCUT2D eigenvalue weighted by molar-refractivity contribution is 5.95. The standard InChI is InChI=1S/C22H23F4NO2.2ClH/c23-19-8-6-16(7-9-19)20(28)5-2-12-27-13-10-21(29,11-14-27)17-3-1-4-18(15-17)22(24,25)26;;/h1,3-4,6-9,15,29H,2,5,10-14H2;2*1H. The third kappa shape index (κ3) is 7.17. The summed E-state index contributed by atoms with van der Waals surface area (Å²) in [5, 5.41) is 10.9. The Morgan fingerprint density at radius 2 is 1.65 bits per heavy atom. The van der Waals surface area contributed by atoms with Crippen LogP contribution >= 0.6 is 24.8 Å². The molecule has 3 nitrogen and oxygen atoms in total. The third-order valence-corrected chi connectivity index (χ3v) is 5.45. The fraction of sp³-hybridized carbons (Fsp3) is 0.409. The van der Waals surface area contributed by atoms with Crippen molar-refractivity contribution in [2.24, 2.45) is 0 Å². The number of ketones is 1. The van der Waals surface area contributed by atoms with E-state index in [0.717, 1.165) is 12.1 Å². The summed E-state index contributed by atoms with van der Waals surface area (Å²) in [5.74, 6) is -0.439. The fourth-order valence-electron chi connectivity index (χ4n) is 3.66. The van der Waals surface area contributed by atoms with Gasteiger partial charge in [-0.05, 0) is 67.8 Å². The van der Waals surface area contributed by atoms with E-state index in [-0.39, 0.29) is 36.4 Å². The Balaban J connectivity index is 0.00000240. The van der Waals surface area contributed by atoms with Crippen LogP contribution in [0.25, 0.3) is 0 Å². The molecule has 0 spiro atoms. The van der Waals surface area contributed by atoms with Gasteiger partial charge in [0.15, 0.2) is 5.78 Å². The number of aliphatic hydroxyl groups is 1. The Morgan fingerprint density at radius 3 is 2.23 bits per heavy atom. The Hall–Kier alpha value is -1.67. The summed E-state index contributed by atoms with van der Waals surface area (Å²) < 4.78 is 51.7. The maximum absolute atomic E-state index is 12.9. The minimum atomic E-state index is -4.44. The van der Waals surface area contributed by atoms with E-state index in [9.17, 15) is 27.5 Å². The molecule has 0 radical (unpaired) electrons. The molecule has 1 aliphatic heterocycles. The first-order chi connectivity index (χ1) is 13.7. The second kappa shape index (κ2) is 11.3. The van der Waals surface area contributed by atoms with E-state index < -0.39 is 17.3 Å². The van der Waals surface area contributed by atoms with Crippen LogP contribution in [-0.4, -0.2) is 35.4 Å². The fourth-order valence-corrected chi connectivity index (χ4v) is 3.66. The maximum Gasteiger partial charge on any atom is 0.416 e. The molecule has 0 aliphatic carbocycles. The smallest absolute Gasteiger partial charge is 0.385 e. The summed E-state index contributed by atoms with van der Waals surface area (Å²) in [5.41, 5.74) is -1.27. The van der Waals surface area contributed by atoms with Crippen LogP contribution in [0.3, 0.4) is 0 Å². The molecule has 0 bridgehead atoms. The third-order valence-electron chi connectivity index (χ3n) is 5.45. The number of piperidine rings is 1. The summed E-state index contributed by atoms with van der Waals surface area (Å²) in [6, 6.07) is 10.3. The Labute approximate surface area is 191 Å². The van der Waals surface area contributed by atoms with Crippen molar-refractivity contribution in [3.63, 3.8) is 0 Å². The van der Waals surface area contributed by atoms with Crippen LogP contribution in [0.15, 0.2) is 48.5 Å². The molecule has 0 saturated carbocycles. The lowest BCUT2D eigenvalue weighted by atomic mass is 9.83. The molecule has 0 amide bonds. The van der Waals surface area contributed by atoms with Crippen LogP contribution in [0.4, 0.5) is 17.6 Å². The van der Waals surface area contributed by atoms with Crippen molar-refractivity contribution in [1.82, 2.24) is 4.90 Å². The van der Waals surface area contributed by atoms with Gasteiger partial charge in [-0.15, -0.1) is 24.8 Å². The maximum atomic E-state index is 12.9. The van der Waals surface area contributed by atoms with Gasteiger partial charge in [0.1, 0.15) is 5.82 Å². The summed E-state index contributed by atoms with van der Waals surface area (Å²) in [7, 11) is 0. The largest absolute Gasteiger partial charge is 0.416 e. The van der Waals surface area contributed by atoms with E-state index >= 15 is 0 Å². The number of nitrogens with zero attached hydrogens (tertiary/aromatic N) is 1. The lowest BCUT2D eigenvalue weighted by Crippen LogP contribution is -2.43. The molecular weight excluding hydrogens is 457 g/mol. The van der Waals surface area contributed by atoms with E-state index in [1.165, 1.54) is 36.4 Å². The SMILES string of the molecule is Cl.Cl.O=C(CCCN1CCC(O)(c2cccc(C(F)(F)F)c2)CC1)c1ccc(F)cc1. The Kier molecular flexibility index (Phi) is 9.95. The molecule has 1 aliphatic rings. The van der Waals surface area contributed by atoms with Gasteiger partial charge in [0.05, 0.1) is 11.2 Å². The normalized spacial score (nSPS) is 16.2. The monoisotopic (exact) mass is 481 g/mol. The molecule has 0 atom stereocenters. The summed E-state index contributed by atoms with van der Waals surface area (Å²) in [6.45, 7) is 1.74. The number of hydrogen-bond donors (Lipinski definition) is 1. The average Bonchev–Trinajstić information content (AvgIpc) is 2.69. The van der Waals surface area contributed by atoms with Gasteiger partial charge < -0.3 is 10.0 Å². The van der Waals surface area contributed by atoms with Crippen molar-refractivity contribution in [3.05, 3.63) is 71.0 Å². The molecule has 0 unspecified atom stereocenters. The zero-order valence-corrected chi connectivity index (χ0v) is 18.3. The van der Waals surface area contributed by atoms with Crippen LogP contribution < -0.4 is 0 Å². The Bertz CT molecular complexity index is 851. The first-order valence-electron chi connectivity index (χ1n) is 9.59. The van der Waals surface area contributed by atoms with Crippen LogP contribution in [0.5, 0.6) is 0 Å². The van der Waals surface area contributed by atoms with Crippen LogP contribution in [0, 0.1) is 5.82 Å². The first-order valence-corrected chi connectivity index (χ1v) is 9.59. The molecule has 31 heavy (non-hydrogen) atoms. The predicted octanol–water partition coefficient (Wildman–Crippen LogP) is 5.63. The van der Waals surface area contributed by atoms with Crippen LogP contribution in [0.1, 0.15) is 47.2 Å². The van der Waals surface area contributed by atoms with E-state index in [1.54, 1.807) is 0 Å². The summed E-state index contributed by atoms with van der Waals surface area (Å²) >= 11 is 0. The van der Waals surface area contributed by atoms with Crippen molar-refractivity contribution in [1.29, 1.82) is 0 Å². The number of likely N-dealkylation sites (tertiary alicyclic amines) is 1. The molecule has 1 heterocycles. The van der Waals surface area contributed by atoms with Gasteiger partial charge in [-0.1, -0.05) is 12.1 Å². The summed E-state index contributed by atoms with van der Waals surface area (Å²) in [6.07, 6.45) is -2.82. The van der Waals surface area contributed by atoms with E-state index in [2.05, 4.69) is 4.90 Å². The molecule has 2 aromatic carbocycles. The van der Waals surface area contributed by atoms with Gasteiger partial charge in [0, 0.05) is 25.1 Å². The molecule has 1 fully saturated rings. The number of carbonyl (C=O) groups is 1. The van der Waals surface area contributed by atoms with Gasteiger partial charge in [-0.2, -0.15) is 13.2 Å². The first kappa shape index (κ1) is 27.4. The molecule has 172 valence electrons. The minimum Gasteiger partial charge on any atom is -0.385 e. The molecule has 9 heteroatoms. The highest BCUT2D eigenvalue weighted by Gasteiger charge is 2.36. The number of benzene rings is 2. The zero-order valence-electron chi connectivity index (χ0n) is 16.7. The average molecular weight is 482 g/mol. The topological polar surface area (TPSA) is 40.5 Å². The van der Waals surface area contributed by atoms with E-state index in [4.69, 9.17) is 0 Å². The van der Waals surface area contributed by atoms with Crippen molar-refractivity contribution in [2.45, 2.75) is 37.5 Å². The molecule has 2 aromatic rings. The van der Waals surface area contributed by atoms with Gasteiger partial charge >= 0.3 is 6.18 Å². The van der Waals surface area contributed by atoms with Crippen molar-refractivity contribution >= 4 is 30.6 Å². The molecule has 1 N–H and O–H groups in total. The van der Waals surface area contributed by atoms with Gasteiger partial charge in [-0.25, -0.2) is 4.39 Å². The molecular formula is C22H25Cl2F4NO2.